The van der Waals surface area contributed by atoms with Gasteiger partial charge in [0.1, 0.15) is 48.0 Å². The first-order valence-electron chi connectivity index (χ1n) is 24.3. The number of rotatable bonds is 17. The van der Waals surface area contributed by atoms with E-state index < -0.39 is 119 Å². The molecule has 1 aliphatic heterocycles. The highest BCUT2D eigenvalue weighted by Crippen LogP contribution is 2.39. The van der Waals surface area contributed by atoms with Gasteiger partial charge in [-0.15, -0.1) is 0 Å². The number of carbonyl (C=O) groups is 9. The highest BCUT2D eigenvalue weighted by Gasteiger charge is 2.42. The highest BCUT2D eigenvalue weighted by atomic mass is 33.1. The summed E-state index contributed by atoms with van der Waals surface area (Å²) in [6, 6.07) is 9.85. The van der Waals surface area contributed by atoms with E-state index in [0.717, 1.165) is 32.5 Å². The number of H-pyrrole nitrogens is 1. The van der Waals surface area contributed by atoms with Gasteiger partial charge in [0, 0.05) is 46.9 Å². The molecule has 0 bridgehead atoms. The SMILES string of the molecule is CC(C)[C@H](NC(=O)C1CSSC(C)(C)[C@@H](NC(=O)[C@@H](N)CC(=O)O)C(=O)NC(Cc2ccccc2)C(=O)N[C@H](Cc2c[nH]c3ccccc23)C(=O)N[C@@H](CCCN)C(=O)NC(Cc2ccc(O)cc2)C(=O)N1)C(=O)O. The number of aromatic hydroxyl groups is 1. The number of aliphatic carboxylic acids is 2. The van der Waals surface area contributed by atoms with Gasteiger partial charge in [-0.2, -0.15) is 0 Å². The summed E-state index contributed by atoms with van der Waals surface area (Å²) in [6.45, 7) is 6.34. The van der Waals surface area contributed by atoms with Crippen LogP contribution in [0, 0.1) is 5.92 Å². The summed E-state index contributed by atoms with van der Waals surface area (Å²) >= 11 is 0. The van der Waals surface area contributed by atoms with Crippen LogP contribution < -0.4 is 48.7 Å². The van der Waals surface area contributed by atoms with Crippen molar-refractivity contribution in [3.05, 3.63) is 102 Å². The number of carbonyl (C=O) groups excluding carboxylic acids is 7. The second-order valence-electron chi connectivity index (χ2n) is 19.0. The number of amides is 7. The van der Waals surface area contributed by atoms with Crippen molar-refractivity contribution >= 4 is 85.8 Å². The van der Waals surface area contributed by atoms with Crippen molar-refractivity contribution in [1.82, 2.24) is 42.2 Å². The number of carboxylic acid groups (broad SMARTS) is 2. The lowest BCUT2D eigenvalue weighted by molar-refractivity contribution is -0.143. The maximum atomic E-state index is 14.8. The summed E-state index contributed by atoms with van der Waals surface area (Å²) in [6.07, 6.45) is 0.590. The normalized spacial score (nSPS) is 22.0. The molecule has 1 saturated heterocycles. The molecule has 0 saturated carbocycles. The number of hydrogen-bond acceptors (Lipinski definition) is 14. The van der Waals surface area contributed by atoms with Crippen molar-refractivity contribution in [2.24, 2.45) is 17.4 Å². The van der Waals surface area contributed by atoms with Gasteiger partial charge >= 0.3 is 11.9 Å². The summed E-state index contributed by atoms with van der Waals surface area (Å²) in [5, 5.41) is 49.0. The first-order valence-corrected chi connectivity index (χ1v) is 26.6. The number of nitrogens with two attached hydrogens (primary N) is 2. The number of hydrogen-bond donors (Lipinski definition) is 13. The van der Waals surface area contributed by atoms with E-state index in [2.05, 4.69) is 42.2 Å². The zero-order chi connectivity index (χ0) is 55.0. The Morgan fingerprint density at radius 1 is 0.733 bits per heavy atom. The zero-order valence-corrected chi connectivity index (χ0v) is 43.6. The van der Waals surface area contributed by atoms with Crippen molar-refractivity contribution in [3.63, 3.8) is 0 Å². The van der Waals surface area contributed by atoms with Crippen LogP contribution in [-0.2, 0) is 62.4 Å². The van der Waals surface area contributed by atoms with Gasteiger partial charge < -0.3 is 69.0 Å². The van der Waals surface area contributed by atoms with Crippen LogP contribution in [0.2, 0.25) is 0 Å². The Balaban J connectivity index is 1.66. The third-order valence-corrected chi connectivity index (χ3v) is 15.6. The predicted molar refractivity (Wildman–Crippen MR) is 283 cm³/mol. The van der Waals surface area contributed by atoms with Crippen LogP contribution in [0.25, 0.3) is 10.9 Å². The van der Waals surface area contributed by atoms with Gasteiger partial charge in [-0.3, -0.25) is 38.4 Å². The molecule has 75 heavy (non-hydrogen) atoms. The lowest BCUT2D eigenvalue weighted by Gasteiger charge is -2.35. The van der Waals surface area contributed by atoms with Gasteiger partial charge in [-0.25, -0.2) is 4.79 Å². The fourth-order valence-electron chi connectivity index (χ4n) is 8.14. The first kappa shape index (κ1) is 58.7. The predicted octanol–water partition coefficient (Wildman–Crippen LogP) is 0.750. The molecular formula is C51H66N10O12S2. The van der Waals surface area contributed by atoms with Crippen molar-refractivity contribution in [2.75, 3.05) is 12.3 Å². The molecule has 2 heterocycles. The molecule has 1 aliphatic rings. The second-order valence-corrected chi connectivity index (χ2v) is 22.0. The molecular weight excluding hydrogens is 1010 g/mol. The van der Waals surface area contributed by atoms with Gasteiger partial charge in [0.15, 0.2) is 0 Å². The van der Waals surface area contributed by atoms with E-state index in [1.807, 2.05) is 18.2 Å². The minimum absolute atomic E-state index is 0.0360. The average molecular weight is 1080 g/mol. The third kappa shape index (κ3) is 17.2. The van der Waals surface area contributed by atoms with E-state index in [1.54, 1.807) is 70.3 Å². The molecule has 3 unspecified atom stereocenters. The van der Waals surface area contributed by atoms with Crippen LogP contribution in [0.3, 0.4) is 0 Å². The van der Waals surface area contributed by atoms with E-state index in [9.17, 15) is 58.5 Å². The standard InChI is InChI=1S/C51H66N10O12S2/c1-27(2)41(50(72)73)60-48(70)39-26-74-75-51(3,4)42(61-43(65)33(53)24-40(63)64)49(71)58-37(21-28-11-6-5-7-12-28)45(67)57-38(23-30-25-54-34-14-9-8-13-32(30)34)47(69)55-35(15-10-20-52)44(66)56-36(46(68)59-39)22-29-16-18-31(62)19-17-29/h5-9,11-14,16-19,25,27,33,35-39,41-42,54,62H,10,15,20-24,26,52-53H2,1-4H3,(H,55,69)(H,56,66)(H,57,67)(H,58,71)(H,59,68)(H,60,70)(H,61,65)(H,63,64)(H,72,73)/t33-,35-,36?,37?,38+,39?,41-,42-/m0/s1. The largest absolute Gasteiger partial charge is 0.508 e. The molecule has 7 amide bonds. The van der Waals surface area contributed by atoms with Crippen molar-refractivity contribution < 1.29 is 58.5 Å². The fourth-order valence-corrected chi connectivity index (χ4v) is 11.0. The van der Waals surface area contributed by atoms with E-state index in [-0.39, 0.29) is 50.2 Å². The molecule has 4 aromatic rings. The topological polar surface area (TPSA) is 366 Å². The van der Waals surface area contributed by atoms with Crippen LogP contribution in [0.15, 0.2) is 85.1 Å². The fraction of sp³-hybridized carbons (Fsp3) is 0.431. The highest BCUT2D eigenvalue weighted by molar-refractivity contribution is 8.77. The number of phenolic OH excluding ortho intramolecular Hbond substituents is 1. The lowest BCUT2D eigenvalue weighted by atomic mass is 9.98. The van der Waals surface area contributed by atoms with Gasteiger partial charge in [0.2, 0.25) is 41.4 Å². The minimum Gasteiger partial charge on any atom is -0.508 e. The summed E-state index contributed by atoms with van der Waals surface area (Å²) in [5.74, 6) is -9.99. The second kappa shape index (κ2) is 27.4. The molecule has 24 heteroatoms. The van der Waals surface area contributed by atoms with Crippen LogP contribution in [-0.4, -0.2) is 139 Å². The Kier molecular flexibility index (Phi) is 21.5. The molecule has 0 radical (unpaired) electrons. The van der Waals surface area contributed by atoms with Crippen LogP contribution in [0.4, 0.5) is 0 Å². The Morgan fingerprint density at radius 3 is 1.88 bits per heavy atom. The van der Waals surface area contributed by atoms with E-state index in [4.69, 9.17) is 11.5 Å². The Labute approximate surface area is 441 Å². The number of aromatic amines is 1. The molecule has 3 aromatic carbocycles. The minimum atomic E-state index is -1.62. The van der Waals surface area contributed by atoms with Crippen molar-refractivity contribution in [3.8, 4) is 5.75 Å². The number of nitrogens with one attached hydrogen (secondary N) is 8. The smallest absolute Gasteiger partial charge is 0.326 e. The summed E-state index contributed by atoms with van der Waals surface area (Å²) in [7, 11) is 1.91. The van der Waals surface area contributed by atoms with E-state index in [0.29, 0.717) is 16.7 Å². The molecule has 15 N–H and O–H groups in total. The number of benzene rings is 3. The number of fused-ring (bicyclic) bond motifs is 1. The van der Waals surface area contributed by atoms with Gasteiger partial charge in [0.25, 0.3) is 0 Å². The molecule has 5 rings (SSSR count). The molecule has 1 fully saturated rings. The number of para-hydroxylation sites is 1. The Bertz CT molecular complexity index is 2670. The third-order valence-electron chi connectivity index (χ3n) is 12.3. The first-order chi connectivity index (χ1) is 35.6. The molecule has 22 nitrogen and oxygen atoms in total. The number of aromatic nitrogens is 1. The quantitative estimate of drug-likeness (QED) is 0.0649. The van der Waals surface area contributed by atoms with Crippen molar-refractivity contribution in [1.29, 1.82) is 0 Å². The number of phenols is 1. The molecule has 0 aliphatic carbocycles. The van der Waals surface area contributed by atoms with Crippen LogP contribution in [0.1, 0.15) is 63.6 Å². The Hall–Kier alpha value is -7.15. The van der Waals surface area contributed by atoms with Crippen LogP contribution in [0.5, 0.6) is 5.75 Å². The van der Waals surface area contributed by atoms with E-state index in [1.165, 1.54) is 24.3 Å². The maximum absolute atomic E-state index is 14.8. The van der Waals surface area contributed by atoms with Crippen LogP contribution >= 0.6 is 21.6 Å². The monoisotopic (exact) mass is 1070 g/mol. The van der Waals surface area contributed by atoms with Gasteiger partial charge in [-0.1, -0.05) is 96.1 Å². The summed E-state index contributed by atoms with van der Waals surface area (Å²) in [4.78, 5) is 128. The van der Waals surface area contributed by atoms with Crippen molar-refractivity contribution in [2.45, 2.75) is 119 Å². The van der Waals surface area contributed by atoms with Gasteiger partial charge in [-0.05, 0) is 74.0 Å². The maximum Gasteiger partial charge on any atom is 0.326 e. The summed E-state index contributed by atoms with van der Waals surface area (Å²) in [5.41, 5.74) is 14.3. The zero-order valence-electron chi connectivity index (χ0n) is 41.9. The molecule has 0 spiro atoms. The molecule has 8 atom stereocenters. The van der Waals surface area contributed by atoms with Gasteiger partial charge in [0.05, 0.1) is 12.5 Å². The lowest BCUT2D eigenvalue weighted by Crippen LogP contribution is -2.63. The summed E-state index contributed by atoms with van der Waals surface area (Å²) < 4.78 is -1.42. The molecule has 404 valence electrons. The molecule has 1 aromatic heterocycles. The average Bonchev–Trinajstić information content (AvgIpc) is 3.77. The Morgan fingerprint density at radius 2 is 1.28 bits per heavy atom. The number of carboxylic acids is 2. The van der Waals surface area contributed by atoms with E-state index >= 15 is 0 Å².